The fourth-order valence-corrected chi connectivity index (χ4v) is 1.89. The molecule has 2 atom stereocenters. The third-order valence-electron chi connectivity index (χ3n) is 3.85. The summed E-state index contributed by atoms with van der Waals surface area (Å²) >= 11 is 4.28. The number of aryl methyl sites for hydroxylation is 1. The summed E-state index contributed by atoms with van der Waals surface area (Å²) in [5, 5.41) is 0.493. The minimum atomic E-state index is -0.0617. The maximum absolute atomic E-state index is 10.2. The SMILES string of the molecule is CC(S)C(C)(C)C.COc1ccc2c(c1)CCC2OC=O. The Morgan fingerprint density at radius 2 is 2.00 bits per heavy atom. The van der Waals surface area contributed by atoms with E-state index in [9.17, 15) is 4.79 Å². The van der Waals surface area contributed by atoms with Crippen molar-refractivity contribution in [2.75, 3.05) is 7.11 Å². The summed E-state index contributed by atoms with van der Waals surface area (Å²) < 4.78 is 10.1. The van der Waals surface area contributed by atoms with Gasteiger partial charge in [-0.25, -0.2) is 0 Å². The normalized spacial score (nSPS) is 18.1. The quantitative estimate of drug-likeness (QED) is 0.671. The second kappa shape index (κ2) is 7.74. The Labute approximate surface area is 133 Å². The van der Waals surface area contributed by atoms with Gasteiger partial charge in [0.1, 0.15) is 11.9 Å². The molecule has 1 aliphatic carbocycles. The molecule has 0 aromatic heterocycles. The number of carbonyl (C=O) groups is 1. The van der Waals surface area contributed by atoms with Gasteiger partial charge >= 0.3 is 0 Å². The minimum Gasteiger partial charge on any atom is -0.497 e. The Hall–Kier alpha value is -1.16. The van der Waals surface area contributed by atoms with Crippen molar-refractivity contribution in [1.29, 1.82) is 0 Å². The molecule has 3 nitrogen and oxygen atoms in total. The van der Waals surface area contributed by atoms with Gasteiger partial charge in [-0.15, -0.1) is 0 Å². The largest absolute Gasteiger partial charge is 0.497 e. The van der Waals surface area contributed by atoms with Gasteiger partial charge in [-0.05, 0) is 41.5 Å². The molecule has 0 aliphatic heterocycles. The van der Waals surface area contributed by atoms with E-state index in [-0.39, 0.29) is 6.10 Å². The molecule has 1 aromatic rings. The number of rotatable bonds is 3. The molecule has 21 heavy (non-hydrogen) atoms. The molecule has 0 saturated heterocycles. The zero-order valence-electron chi connectivity index (χ0n) is 13.6. The molecule has 0 bridgehead atoms. The predicted octanol–water partition coefficient (Wildman–Crippen LogP) is 4.21. The van der Waals surface area contributed by atoms with Gasteiger partial charge in [-0.1, -0.05) is 33.8 Å². The number of thiol groups is 1. The Kier molecular flexibility index (Phi) is 6.59. The van der Waals surface area contributed by atoms with Crippen molar-refractivity contribution < 1.29 is 14.3 Å². The number of hydrogen-bond acceptors (Lipinski definition) is 4. The van der Waals surface area contributed by atoms with Crippen molar-refractivity contribution in [3.05, 3.63) is 29.3 Å². The molecule has 0 amide bonds. The molecule has 0 heterocycles. The highest BCUT2D eigenvalue weighted by Crippen LogP contribution is 2.35. The fraction of sp³-hybridized carbons (Fsp3) is 0.588. The van der Waals surface area contributed by atoms with Crippen LogP contribution in [0.5, 0.6) is 5.75 Å². The first kappa shape index (κ1) is 17.9. The lowest BCUT2D eigenvalue weighted by Gasteiger charge is -2.21. The zero-order chi connectivity index (χ0) is 16.0. The number of benzene rings is 1. The van der Waals surface area contributed by atoms with Crippen LogP contribution in [0.4, 0.5) is 0 Å². The summed E-state index contributed by atoms with van der Waals surface area (Å²) in [6.07, 6.45) is 1.76. The van der Waals surface area contributed by atoms with Gasteiger partial charge in [0, 0.05) is 5.25 Å². The van der Waals surface area contributed by atoms with E-state index in [4.69, 9.17) is 9.47 Å². The highest BCUT2D eigenvalue weighted by atomic mass is 32.1. The molecule has 0 N–H and O–H groups in total. The van der Waals surface area contributed by atoms with Crippen LogP contribution in [0.15, 0.2) is 18.2 Å². The van der Waals surface area contributed by atoms with Crippen LogP contribution >= 0.6 is 12.6 Å². The van der Waals surface area contributed by atoms with Crippen LogP contribution < -0.4 is 4.74 Å². The van der Waals surface area contributed by atoms with E-state index in [2.05, 4.69) is 40.3 Å². The molecule has 0 radical (unpaired) electrons. The number of ether oxygens (including phenoxy) is 2. The lowest BCUT2D eigenvalue weighted by atomic mass is 9.93. The molecule has 0 fully saturated rings. The van der Waals surface area contributed by atoms with E-state index in [1.54, 1.807) is 7.11 Å². The Morgan fingerprint density at radius 1 is 1.38 bits per heavy atom. The molecular weight excluding hydrogens is 284 g/mol. The third-order valence-corrected chi connectivity index (χ3v) is 4.62. The van der Waals surface area contributed by atoms with E-state index in [1.807, 2.05) is 18.2 Å². The standard InChI is InChI=1S/C11H12O3.C6H14S/c1-13-9-3-4-10-8(6-9)2-5-11(10)14-7-12;1-5(7)6(2,3)4/h3-4,6-7,11H,2,5H2,1H3;5,7H,1-4H3. The highest BCUT2D eigenvalue weighted by molar-refractivity contribution is 7.81. The highest BCUT2D eigenvalue weighted by Gasteiger charge is 2.23. The van der Waals surface area contributed by atoms with Gasteiger partial charge in [0.25, 0.3) is 6.47 Å². The molecule has 2 rings (SSSR count). The molecule has 118 valence electrons. The maximum atomic E-state index is 10.2. The van der Waals surface area contributed by atoms with Crippen LogP contribution in [0.1, 0.15) is 51.3 Å². The second-order valence-electron chi connectivity index (χ2n) is 6.37. The molecule has 4 heteroatoms. The van der Waals surface area contributed by atoms with Crippen LogP contribution in [0.3, 0.4) is 0 Å². The van der Waals surface area contributed by atoms with Gasteiger partial charge in [0.15, 0.2) is 0 Å². The average molecular weight is 310 g/mol. The van der Waals surface area contributed by atoms with Crippen molar-refractivity contribution in [1.82, 2.24) is 0 Å². The third kappa shape index (κ3) is 5.27. The predicted molar refractivity (Wildman–Crippen MR) is 89.1 cm³/mol. The first-order chi connectivity index (χ1) is 9.79. The van der Waals surface area contributed by atoms with Crippen molar-refractivity contribution in [2.24, 2.45) is 5.41 Å². The van der Waals surface area contributed by atoms with Crippen LogP contribution in [0, 0.1) is 5.41 Å². The van der Waals surface area contributed by atoms with Crippen molar-refractivity contribution in [3.8, 4) is 5.75 Å². The lowest BCUT2D eigenvalue weighted by Crippen LogP contribution is -2.16. The first-order valence-corrected chi connectivity index (χ1v) is 7.75. The van der Waals surface area contributed by atoms with Crippen LogP contribution in [-0.4, -0.2) is 18.8 Å². The van der Waals surface area contributed by atoms with Gasteiger partial charge in [0.05, 0.1) is 7.11 Å². The van der Waals surface area contributed by atoms with Crippen LogP contribution in [-0.2, 0) is 16.0 Å². The molecule has 2 unspecified atom stereocenters. The number of fused-ring (bicyclic) bond motifs is 1. The van der Waals surface area contributed by atoms with E-state index in [1.165, 1.54) is 5.56 Å². The molecule has 1 aliphatic rings. The molecule has 1 aromatic carbocycles. The number of carbonyl (C=O) groups excluding carboxylic acids is 1. The summed E-state index contributed by atoms with van der Waals surface area (Å²) in [7, 11) is 1.65. The van der Waals surface area contributed by atoms with Gasteiger partial charge in [-0.2, -0.15) is 12.6 Å². The van der Waals surface area contributed by atoms with Crippen molar-refractivity contribution in [2.45, 2.75) is 51.9 Å². The number of methoxy groups -OCH3 is 1. The lowest BCUT2D eigenvalue weighted by molar-refractivity contribution is -0.133. The summed E-state index contributed by atoms with van der Waals surface area (Å²) in [6, 6.07) is 5.87. The van der Waals surface area contributed by atoms with Gasteiger partial charge in [-0.3, -0.25) is 4.79 Å². The van der Waals surface area contributed by atoms with E-state index in [0.29, 0.717) is 17.1 Å². The molecule has 0 saturated carbocycles. The molecular formula is C17H26O3S. The summed E-state index contributed by atoms with van der Waals surface area (Å²) in [5.74, 6) is 0.857. The first-order valence-electron chi connectivity index (χ1n) is 7.23. The van der Waals surface area contributed by atoms with Crippen LogP contribution in [0.2, 0.25) is 0 Å². The van der Waals surface area contributed by atoms with Crippen LogP contribution in [0.25, 0.3) is 0 Å². The van der Waals surface area contributed by atoms with Gasteiger partial charge in [0.2, 0.25) is 0 Å². The van der Waals surface area contributed by atoms with E-state index >= 15 is 0 Å². The smallest absolute Gasteiger partial charge is 0.293 e. The minimum absolute atomic E-state index is 0.0617. The van der Waals surface area contributed by atoms with Crippen molar-refractivity contribution in [3.63, 3.8) is 0 Å². The Bertz CT molecular complexity index is 464. The fourth-order valence-electron chi connectivity index (χ4n) is 1.89. The Balaban J connectivity index is 0.000000270. The van der Waals surface area contributed by atoms with Gasteiger partial charge < -0.3 is 9.47 Å². The maximum Gasteiger partial charge on any atom is 0.293 e. The topological polar surface area (TPSA) is 35.5 Å². The number of hydrogen-bond donors (Lipinski definition) is 1. The summed E-state index contributed by atoms with van der Waals surface area (Å²) in [5.41, 5.74) is 2.69. The second-order valence-corrected chi connectivity index (χ2v) is 7.14. The summed E-state index contributed by atoms with van der Waals surface area (Å²) in [4.78, 5) is 10.2. The average Bonchev–Trinajstić information content (AvgIpc) is 2.81. The van der Waals surface area contributed by atoms with E-state index < -0.39 is 0 Å². The molecule has 0 spiro atoms. The summed E-state index contributed by atoms with van der Waals surface area (Å²) in [6.45, 7) is 9.19. The Morgan fingerprint density at radius 3 is 2.48 bits per heavy atom. The van der Waals surface area contributed by atoms with E-state index in [0.717, 1.165) is 24.2 Å². The monoisotopic (exact) mass is 310 g/mol. The van der Waals surface area contributed by atoms with Crippen molar-refractivity contribution >= 4 is 19.1 Å². The zero-order valence-corrected chi connectivity index (χ0v) is 14.4.